The molecule has 0 fully saturated rings. The van der Waals surface area contributed by atoms with E-state index >= 15 is 0 Å². The quantitative estimate of drug-likeness (QED) is 0.518. The number of pyridine rings is 1. The average molecular weight is 415 g/mol. The fourth-order valence-electron chi connectivity index (χ4n) is 3.34. The van der Waals surface area contributed by atoms with E-state index in [2.05, 4.69) is 20.6 Å². The van der Waals surface area contributed by atoms with Crippen molar-refractivity contribution in [2.45, 2.75) is 26.8 Å². The lowest BCUT2D eigenvalue weighted by Crippen LogP contribution is -2.27. The zero-order chi connectivity index (χ0) is 22.0. The van der Waals surface area contributed by atoms with E-state index in [0.29, 0.717) is 5.69 Å². The molecule has 0 aliphatic rings. The summed E-state index contributed by atoms with van der Waals surface area (Å²) in [6, 6.07) is 15.3. The number of hydrogen-bond donors (Lipinski definition) is 1. The Balaban J connectivity index is 1.73. The van der Waals surface area contributed by atoms with Gasteiger partial charge >= 0.3 is 0 Å². The van der Waals surface area contributed by atoms with E-state index < -0.39 is 0 Å². The molecule has 0 bridgehead atoms. The summed E-state index contributed by atoms with van der Waals surface area (Å²) in [7, 11) is 0. The molecule has 1 amide bonds. The van der Waals surface area contributed by atoms with Crippen molar-refractivity contribution in [2.75, 3.05) is 0 Å². The summed E-state index contributed by atoms with van der Waals surface area (Å²) in [5, 5.41) is 11.4. The summed E-state index contributed by atoms with van der Waals surface area (Å²) < 4.78 is 14.9. The van der Waals surface area contributed by atoms with E-state index in [-0.39, 0.29) is 23.5 Å². The maximum atomic E-state index is 13.2. The SMILES string of the molecule is Cc1ccc(-n2nnc(C(=O)N[C@H](C)c3ccc(F)cc3)c2-c2ccncc2)cc1C. The van der Waals surface area contributed by atoms with Gasteiger partial charge in [-0.05, 0) is 73.9 Å². The first-order valence-electron chi connectivity index (χ1n) is 9.94. The number of halogens is 1. The molecule has 0 saturated carbocycles. The predicted octanol–water partition coefficient (Wildman–Crippen LogP) is 4.58. The zero-order valence-corrected chi connectivity index (χ0v) is 17.5. The van der Waals surface area contributed by atoms with Crippen LogP contribution in [0.4, 0.5) is 4.39 Å². The molecule has 0 radical (unpaired) electrons. The molecule has 6 nitrogen and oxygen atoms in total. The number of aromatic nitrogens is 4. The van der Waals surface area contributed by atoms with Crippen molar-refractivity contribution in [2.24, 2.45) is 0 Å². The minimum atomic E-state index is -0.362. The van der Waals surface area contributed by atoms with Gasteiger partial charge in [-0.1, -0.05) is 23.4 Å². The smallest absolute Gasteiger partial charge is 0.274 e. The third-order valence-corrected chi connectivity index (χ3v) is 5.29. The Bertz CT molecular complexity index is 1220. The summed E-state index contributed by atoms with van der Waals surface area (Å²) in [5.41, 5.74) is 5.45. The Kier molecular flexibility index (Phi) is 5.58. The molecular formula is C24H22FN5O. The molecule has 0 aliphatic heterocycles. The number of aryl methyl sites for hydroxylation is 2. The number of carbonyl (C=O) groups is 1. The third-order valence-electron chi connectivity index (χ3n) is 5.29. The predicted molar refractivity (Wildman–Crippen MR) is 116 cm³/mol. The lowest BCUT2D eigenvalue weighted by molar-refractivity contribution is 0.0935. The van der Waals surface area contributed by atoms with Gasteiger partial charge in [0.1, 0.15) is 11.5 Å². The van der Waals surface area contributed by atoms with E-state index in [4.69, 9.17) is 0 Å². The van der Waals surface area contributed by atoms with Crippen molar-refractivity contribution in [3.8, 4) is 16.9 Å². The maximum absolute atomic E-state index is 13.2. The Morgan fingerprint density at radius 2 is 1.71 bits per heavy atom. The summed E-state index contributed by atoms with van der Waals surface area (Å²) in [6.45, 7) is 5.91. The van der Waals surface area contributed by atoms with Crippen molar-refractivity contribution < 1.29 is 9.18 Å². The van der Waals surface area contributed by atoms with Gasteiger partial charge in [0.05, 0.1) is 11.7 Å². The van der Waals surface area contributed by atoms with Crippen molar-refractivity contribution >= 4 is 5.91 Å². The lowest BCUT2D eigenvalue weighted by Gasteiger charge is -2.14. The number of benzene rings is 2. The number of amides is 1. The van der Waals surface area contributed by atoms with E-state index in [1.54, 1.807) is 29.2 Å². The molecule has 2 aromatic carbocycles. The molecule has 7 heteroatoms. The van der Waals surface area contributed by atoms with E-state index in [1.807, 2.05) is 51.1 Å². The van der Waals surface area contributed by atoms with Crippen LogP contribution in [0.15, 0.2) is 67.0 Å². The van der Waals surface area contributed by atoms with Crippen LogP contribution in [0.1, 0.15) is 40.1 Å². The molecule has 31 heavy (non-hydrogen) atoms. The van der Waals surface area contributed by atoms with Crippen LogP contribution in [0.2, 0.25) is 0 Å². The van der Waals surface area contributed by atoms with E-state index in [1.165, 1.54) is 17.7 Å². The van der Waals surface area contributed by atoms with Crippen LogP contribution in [0, 0.1) is 19.7 Å². The van der Waals surface area contributed by atoms with Crippen molar-refractivity contribution in [1.29, 1.82) is 0 Å². The molecule has 4 aromatic rings. The molecule has 1 atom stereocenters. The third kappa shape index (κ3) is 4.21. The molecule has 156 valence electrons. The van der Waals surface area contributed by atoms with Gasteiger partial charge < -0.3 is 5.32 Å². The van der Waals surface area contributed by atoms with Crippen LogP contribution in [0.25, 0.3) is 16.9 Å². The molecule has 2 aromatic heterocycles. The van der Waals surface area contributed by atoms with Crippen molar-refractivity contribution in [3.05, 3.63) is 95.2 Å². The van der Waals surface area contributed by atoms with Gasteiger partial charge in [0.25, 0.3) is 5.91 Å². The highest BCUT2D eigenvalue weighted by Crippen LogP contribution is 2.26. The van der Waals surface area contributed by atoms with E-state index in [9.17, 15) is 9.18 Å². The van der Waals surface area contributed by atoms with Gasteiger partial charge in [-0.25, -0.2) is 9.07 Å². The first-order chi connectivity index (χ1) is 14.9. The molecule has 0 aliphatic carbocycles. The van der Waals surface area contributed by atoms with Gasteiger partial charge in [0, 0.05) is 18.0 Å². The normalized spacial score (nSPS) is 11.9. The van der Waals surface area contributed by atoms with Crippen LogP contribution < -0.4 is 5.32 Å². The second-order valence-electron chi connectivity index (χ2n) is 7.45. The fourth-order valence-corrected chi connectivity index (χ4v) is 3.34. The summed E-state index contributed by atoms with van der Waals surface area (Å²) in [6.07, 6.45) is 3.33. The second kappa shape index (κ2) is 8.47. The van der Waals surface area contributed by atoms with Gasteiger partial charge in [0.15, 0.2) is 5.69 Å². The van der Waals surface area contributed by atoms with Crippen molar-refractivity contribution in [1.82, 2.24) is 25.3 Å². The fraction of sp³-hybridized carbons (Fsp3) is 0.167. The van der Waals surface area contributed by atoms with Gasteiger partial charge in [-0.15, -0.1) is 5.10 Å². The van der Waals surface area contributed by atoms with Gasteiger partial charge in [-0.2, -0.15) is 0 Å². The largest absolute Gasteiger partial charge is 0.344 e. The van der Waals surface area contributed by atoms with Gasteiger partial charge in [0.2, 0.25) is 0 Å². The maximum Gasteiger partial charge on any atom is 0.274 e. The monoisotopic (exact) mass is 415 g/mol. The summed E-state index contributed by atoms with van der Waals surface area (Å²) in [5.74, 6) is -0.683. The minimum absolute atomic E-state index is 0.207. The minimum Gasteiger partial charge on any atom is -0.344 e. The number of rotatable bonds is 5. The Labute approximate surface area is 179 Å². The molecular weight excluding hydrogens is 393 g/mol. The Morgan fingerprint density at radius 3 is 2.39 bits per heavy atom. The Morgan fingerprint density at radius 1 is 1.00 bits per heavy atom. The van der Waals surface area contributed by atoms with Crippen LogP contribution in [0.5, 0.6) is 0 Å². The first kappa shape index (κ1) is 20.4. The molecule has 0 spiro atoms. The zero-order valence-electron chi connectivity index (χ0n) is 17.5. The average Bonchev–Trinajstić information content (AvgIpc) is 3.22. The second-order valence-corrected chi connectivity index (χ2v) is 7.45. The summed E-state index contributed by atoms with van der Waals surface area (Å²) >= 11 is 0. The van der Waals surface area contributed by atoms with Crippen LogP contribution in [-0.2, 0) is 0 Å². The van der Waals surface area contributed by atoms with Gasteiger partial charge in [-0.3, -0.25) is 9.78 Å². The highest BCUT2D eigenvalue weighted by atomic mass is 19.1. The molecule has 4 rings (SSSR count). The number of nitrogens with zero attached hydrogens (tertiary/aromatic N) is 4. The highest BCUT2D eigenvalue weighted by molar-refractivity contribution is 5.98. The molecule has 2 heterocycles. The Hall–Kier alpha value is -3.87. The highest BCUT2D eigenvalue weighted by Gasteiger charge is 2.23. The number of carbonyl (C=O) groups excluding carboxylic acids is 1. The number of hydrogen-bond acceptors (Lipinski definition) is 4. The first-order valence-corrected chi connectivity index (χ1v) is 9.94. The number of nitrogens with one attached hydrogen (secondary N) is 1. The lowest BCUT2D eigenvalue weighted by atomic mass is 10.1. The van der Waals surface area contributed by atoms with Crippen LogP contribution >= 0.6 is 0 Å². The standard InChI is InChI=1S/C24H22FN5O/c1-15-4-9-21(14-16(15)2)30-23(19-10-12-26-13-11-19)22(28-29-30)24(31)27-17(3)18-5-7-20(25)8-6-18/h4-14,17H,1-3H3,(H,27,31)/t17-/m1/s1. The topological polar surface area (TPSA) is 72.7 Å². The van der Waals surface area contributed by atoms with Crippen LogP contribution in [-0.4, -0.2) is 25.9 Å². The van der Waals surface area contributed by atoms with Crippen LogP contribution in [0.3, 0.4) is 0 Å². The van der Waals surface area contributed by atoms with Crippen molar-refractivity contribution in [3.63, 3.8) is 0 Å². The molecule has 0 saturated heterocycles. The van der Waals surface area contributed by atoms with E-state index in [0.717, 1.165) is 22.4 Å². The summed E-state index contributed by atoms with van der Waals surface area (Å²) in [4.78, 5) is 17.2. The molecule has 1 N–H and O–H groups in total. The molecule has 0 unspecified atom stereocenters.